The molecular weight excluding hydrogens is 651 g/mol. The van der Waals surface area contributed by atoms with Crippen molar-refractivity contribution in [3.05, 3.63) is 235 Å². The fourth-order valence-electron chi connectivity index (χ4n) is 9.27. The van der Waals surface area contributed by atoms with E-state index in [1.165, 1.54) is 77.5 Å². The van der Waals surface area contributed by atoms with Gasteiger partial charge in [-0.15, -0.1) is 0 Å². The molecule has 1 heteroatoms. The van der Waals surface area contributed by atoms with Gasteiger partial charge in [-0.1, -0.05) is 170 Å². The van der Waals surface area contributed by atoms with Crippen LogP contribution in [0.3, 0.4) is 0 Å². The molecule has 0 bridgehead atoms. The standard InChI is InChI=1S/C53H35N/c1-2-14-42(15-3-1)54(43-30-28-38(29-31-43)37-22-24-39(25-23-37)41-27-26-36-12-4-5-13-40(36)34-41)44-32-33-48-47-18-8-11-21-51(47)53(52(48)35-44)49-19-9-6-16-45(49)46-17-7-10-20-50(46)53/h1-35H. The van der Waals surface area contributed by atoms with Gasteiger partial charge in [-0.3, -0.25) is 0 Å². The molecule has 0 saturated heterocycles. The van der Waals surface area contributed by atoms with E-state index in [0.717, 1.165) is 17.1 Å². The second kappa shape index (κ2) is 12.0. The van der Waals surface area contributed by atoms with E-state index < -0.39 is 0 Å². The van der Waals surface area contributed by atoms with Crippen molar-refractivity contribution < 1.29 is 0 Å². The van der Waals surface area contributed by atoms with Gasteiger partial charge in [-0.2, -0.15) is 0 Å². The maximum absolute atomic E-state index is 2.46. The first-order valence-electron chi connectivity index (χ1n) is 18.8. The molecule has 2 aliphatic carbocycles. The van der Waals surface area contributed by atoms with Gasteiger partial charge in [0.25, 0.3) is 0 Å². The molecule has 0 N–H and O–H groups in total. The quantitative estimate of drug-likeness (QED) is 0.174. The number of hydrogen-bond acceptors (Lipinski definition) is 1. The Kier molecular flexibility index (Phi) is 6.84. The normalized spacial score (nSPS) is 13.0. The average Bonchev–Trinajstić information content (AvgIpc) is 3.71. The van der Waals surface area contributed by atoms with Crippen molar-refractivity contribution in [2.24, 2.45) is 0 Å². The highest BCUT2D eigenvalue weighted by Crippen LogP contribution is 2.63. The number of nitrogens with zero attached hydrogens (tertiary/aromatic N) is 1. The first kappa shape index (κ1) is 30.6. The number of anilines is 3. The molecular formula is C53H35N. The maximum Gasteiger partial charge on any atom is 0.0726 e. The predicted molar refractivity (Wildman–Crippen MR) is 226 cm³/mol. The molecule has 0 aliphatic heterocycles. The Bertz CT molecular complexity index is 2800. The summed E-state index contributed by atoms with van der Waals surface area (Å²) in [5.41, 5.74) is 18.5. The average molecular weight is 686 g/mol. The van der Waals surface area contributed by atoms with Crippen LogP contribution in [0.4, 0.5) is 17.1 Å². The molecule has 0 amide bonds. The molecule has 0 fully saturated rings. The van der Waals surface area contributed by atoms with Crippen LogP contribution >= 0.6 is 0 Å². The number of benzene rings is 9. The van der Waals surface area contributed by atoms with Crippen molar-refractivity contribution >= 4 is 27.8 Å². The van der Waals surface area contributed by atoms with Gasteiger partial charge in [0.05, 0.1) is 5.41 Å². The molecule has 54 heavy (non-hydrogen) atoms. The zero-order valence-corrected chi connectivity index (χ0v) is 29.7. The highest BCUT2D eigenvalue weighted by Gasteiger charge is 2.51. The van der Waals surface area contributed by atoms with E-state index in [1.54, 1.807) is 0 Å². The molecule has 9 aromatic rings. The summed E-state index contributed by atoms with van der Waals surface area (Å²) in [6, 6.07) is 78.1. The van der Waals surface area contributed by atoms with E-state index in [4.69, 9.17) is 0 Å². The summed E-state index contributed by atoms with van der Waals surface area (Å²) in [6.45, 7) is 0. The lowest BCUT2D eigenvalue weighted by Crippen LogP contribution is -2.26. The van der Waals surface area contributed by atoms with Gasteiger partial charge >= 0.3 is 0 Å². The van der Waals surface area contributed by atoms with Crippen molar-refractivity contribution in [1.29, 1.82) is 0 Å². The number of rotatable bonds is 5. The summed E-state index contributed by atoms with van der Waals surface area (Å²) in [4.78, 5) is 2.40. The Labute approximate surface area is 316 Å². The lowest BCUT2D eigenvalue weighted by atomic mass is 9.70. The van der Waals surface area contributed by atoms with Gasteiger partial charge < -0.3 is 4.90 Å². The fraction of sp³-hybridized carbons (Fsp3) is 0.0189. The Balaban J connectivity index is 1.01. The van der Waals surface area contributed by atoms with Crippen LogP contribution in [-0.4, -0.2) is 0 Å². The van der Waals surface area contributed by atoms with E-state index >= 15 is 0 Å². The van der Waals surface area contributed by atoms with Crippen molar-refractivity contribution in [1.82, 2.24) is 0 Å². The minimum atomic E-state index is -0.389. The van der Waals surface area contributed by atoms with Gasteiger partial charge in [0, 0.05) is 17.1 Å². The van der Waals surface area contributed by atoms with E-state index in [1.807, 2.05) is 0 Å². The van der Waals surface area contributed by atoms with Crippen molar-refractivity contribution in [3.63, 3.8) is 0 Å². The number of hydrogen-bond donors (Lipinski definition) is 0. The molecule has 2 aliphatic rings. The zero-order valence-electron chi connectivity index (χ0n) is 29.7. The van der Waals surface area contributed by atoms with Crippen molar-refractivity contribution in [2.45, 2.75) is 5.41 Å². The molecule has 0 atom stereocenters. The van der Waals surface area contributed by atoms with E-state index in [9.17, 15) is 0 Å². The highest BCUT2D eigenvalue weighted by molar-refractivity contribution is 5.96. The zero-order chi connectivity index (χ0) is 35.6. The Morgan fingerprint density at radius 2 is 0.685 bits per heavy atom. The van der Waals surface area contributed by atoms with E-state index in [0.29, 0.717) is 0 Å². The highest BCUT2D eigenvalue weighted by atomic mass is 15.1. The van der Waals surface area contributed by atoms with Crippen LogP contribution in [0.1, 0.15) is 22.3 Å². The lowest BCUT2D eigenvalue weighted by Gasteiger charge is -2.32. The van der Waals surface area contributed by atoms with Gasteiger partial charge in [-0.25, -0.2) is 0 Å². The second-order valence-corrected chi connectivity index (χ2v) is 14.5. The molecule has 1 nitrogen and oxygen atoms in total. The SMILES string of the molecule is c1ccc(N(c2ccc(-c3ccc(-c4ccc5ccccc5c4)cc3)cc2)c2ccc3c(c2)C2(c4ccccc4-c4ccccc42)c2ccccc2-3)cc1. The van der Waals surface area contributed by atoms with E-state index in [2.05, 4.69) is 217 Å². The summed E-state index contributed by atoms with van der Waals surface area (Å²) >= 11 is 0. The fourth-order valence-corrected chi connectivity index (χ4v) is 9.27. The molecule has 0 aromatic heterocycles. The van der Waals surface area contributed by atoms with Crippen LogP contribution in [-0.2, 0) is 5.41 Å². The van der Waals surface area contributed by atoms with Gasteiger partial charge in [0.2, 0.25) is 0 Å². The summed E-state index contributed by atoms with van der Waals surface area (Å²) in [5, 5.41) is 2.53. The number of fused-ring (bicyclic) bond motifs is 11. The van der Waals surface area contributed by atoms with Crippen LogP contribution in [0.15, 0.2) is 212 Å². The summed E-state index contributed by atoms with van der Waals surface area (Å²) < 4.78 is 0. The Morgan fingerprint density at radius 3 is 1.30 bits per heavy atom. The third-order valence-electron chi connectivity index (χ3n) is 11.7. The van der Waals surface area contributed by atoms with Crippen LogP contribution < -0.4 is 4.90 Å². The van der Waals surface area contributed by atoms with Crippen LogP contribution in [0.25, 0.3) is 55.3 Å². The molecule has 0 saturated carbocycles. The van der Waals surface area contributed by atoms with Crippen LogP contribution in [0.5, 0.6) is 0 Å². The summed E-state index contributed by atoms with van der Waals surface area (Å²) in [5.74, 6) is 0. The Morgan fingerprint density at radius 1 is 0.259 bits per heavy atom. The first-order chi connectivity index (χ1) is 26.8. The molecule has 1 spiro atoms. The van der Waals surface area contributed by atoms with Crippen molar-refractivity contribution in [3.8, 4) is 44.5 Å². The molecule has 0 heterocycles. The second-order valence-electron chi connectivity index (χ2n) is 14.5. The largest absolute Gasteiger partial charge is 0.310 e. The van der Waals surface area contributed by atoms with Gasteiger partial charge in [0.1, 0.15) is 0 Å². The molecule has 252 valence electrons. The Hall–Kier alpha value is -6.96. The molecule has 0 radical (unpaired) electrons. The maximum atomic E-state index is 2.46. The van der Waals surface area contributed by atoms with E-state index in [-0.39, 0.29) is 5.41 Å². The van der Waals surface area contributed by atoms with Gasteiger partial charge in [0.15, 0.2) is 0 Å². The smallest absolute Gasteiger partial charge is 0.0726 e. The predicted octanol–water partition coefficient (Wildman–Crippen LogP) is 14.0. The van der Waals surface area contributed by atoms with Crippen LogP contribution in [0.2, 0.25) is 0 Å². The minimum absolute atomic E-state index is 0.389. The first-order valence-corrected chi connectivity index (χ1v) is 18.8. The molecule has 9 aromatic carbocycles. The monoisotopic (exact) mass is 685 g/mol. The number of para-hydroxylation sites is 1. The lowest BCUT2D eigenvalue weighted by molar-refractivity contribution is 0.793. The minimum Gasteiger partial charge on any atom is -0.310 e. The van der Waals surface area contributed by atoms with Crippen LogP contribution in [0, 0.1) is 0 Å². The third-order valence-corrected chi connectivity index (χ3v) is 11.7. The van der Waals surface area contributed by atoms with Crippen molar-refractivity contribution in [2.75, 3.05) is 4.90 Å². The topological polar surface area (TPSA) is 3.24 Å². The summed E-state index contributed by atoms with van der Waals surface area (Å²) in [6.07, 6.45) is 0. The molecule has 0 unspecified atom stereocenters. The summed E-state index contributed by atoms with van der Waals surface area (Å²) in [7, 11) is 0. The molecule has 11 rings (SSSR count). The third kappa shape index (κ3) is 4.52. The van der Waals surface area contributed by atoms with Gasteiger partial charge in [-0.05, 0) is 120 Å².